The molecule has 3 aromatic carbocycles. The Morgan fingerprint density at radius 3 is 2.65 bits per heavy atom. The molecule has 1 atom stereocenters. The summed E-state index contributed by atoms with van der Waals surface area (Å²) in [7, 11) is 0. The number of ether oxygens (including phenoxy) is 2. The molecule has 0 aromatic heterocycles. The van der Waals surface area contributed by atoms with E-state index in [2.05, 4.69) is 5.32 Å². The number of carbonyl (C=O) groups is 3. The summed E-state index contributed by atoms with van der Waals surface area (Å²) >= 11 is 6.58. The van der Waals surface area contributed by atoms with Crippen molar-refractivity contribution >= 4 is 35.3 Å². The van der Waals surface area contributed by atoms with E-state index in [4.69, 9.17) is 21.1 Å². The standard InChI is InChI=1S/C29H27ClN2O5/c1-18(2)16-36-28(35)31-21-7-5-6-19(14-21)20-10-11-23(25(30)15-20)26(33)32-13-12-29(17-32)24-9-4-3-8-22(24)27(34)37-29/h3-11,14-15,18H,12-13,16-17H2,1-2H3,(H,31,35)/t29-/m0/s1. The molecule has 1 saturated heterocycles. The number of benzene rings is 3. The van der Waals surface area contributed by atoms with E-state index in [0.717, 1.165) is 16.7 Å². The maximum absolute atomic E-state index is 13.4. The number of anilines is 1. The van der Waals surface area contributed by atoms with Crippen LogP contribution in [0.5, 0.6) is 0 Å². The van der Waals surface area contributed by atoms with E-state index in [1.54, 1.807) is 29.2 Å². The molecule has 2 amide bonds. The topological polar surface area (TPSA) is 84.9 Å². The van der Waals surface area contributed by atoms with Crippen LogP contribution in [-0.4, -0.2) is 42.6 Å². The van der Waals surface area contributed by atoms with E-state index < -0.39 is 11.7 Å². The van der Waals surface area contributed by atoms with Crippen molar-refractivity contribution < 1.29 is 23.9 Å². The van der Waals surface area contributed by atoms with Crippen LogP contribution >= 0.6 is 11.6 Å². The highest BCUT2D eigenvalue weighted by molar-refractivity contribution is 6.34. The van der Waals surface area contributed by atoms with Crippen molar-refractivity contribution in [3.8, 4) is 11.1 Å². The van der Waals surface area contributed by atoms with Gasteiger partial charge in [0, 0.05) is 24.2 Å². The highest BCUT2D eigenvalue weighted by atomic mass is 35.5. The number of hydrogen-bond acceptors (Lipinski definition) is 5. The van der Waals surface area contributed by atoms with Crippen molar-refractivity contribution in [2.24, 2.45) is 5.92 Å². The van der Waals surface area contributed by atoms with Crippen LogP contribution in [0.15, 0.2) is 66.7 Å². The van der Waals surface area contributed by atoms with Crippen molar-refractivity contribution in [2.75, 3.05) is 25.0 Å². The van der Waals surface area contributed by atoms with Gasteiger partial charge in [-0.05, 0) is 47.4 Å². The second kappa shape index (κ2) is 9.90. The van der Waals surface area contributed by atoms with Gasteiger partial charge in [-0.25, -0.2) is 9.59 Å². The normalized spacial score (nSPS) is 18.2. The lowest BCUT2D eigenvalue weighted by atomic mass is 9.91. The molecule has 2 aliphatic rings. The number of hydrogen-bond donors (Lipinski definition) is 1. The number of esters is 1. The number of amides is 2. The highest BCUT2D eigenvalue weighted by Crippen LogP contribution is 2.43. The Morgan fingerprint density at radius 2 is 1.86 bits per heavy atom. The molecule has 0 radical (unpaired) electrons. The summed E-state index contributed by atoms with van der Waals surface area (Å²) < 4.78 is 10.9. The van der Waals surface area contributed by atoms with Crippen LogP contribution < -0.4 is 5.32 Å². The number of nitrogens with one attached hydrogen (secondary N) is 1. The molecule has 0 unspecified atom stereocenters. The average Bonchev–Trinajstić information content (AvgIpc) is 3.43. The first kappa shape index (κ1) is 24.8. The van der Waals surface area contributed by atoms with Gasteiger partial charge in [-0.2, -0.15) is 0 Å². The van der Waals surface area contributed by atoms with E-state index in [0.29, 0.717) is 41.4 Å². The van der Waals surface area contributed by atoms with Gasteiger partial charge in [-0.1, -0.05) is 61.8 Å². The van der Waals surface area contributed by atoms with E-state index in [-0.39, 0.29) is 24.3 Å². The molecule has 2 heterocycles. The summed E-state index contributed by atoms with van der Waals surface area (Å²) in [5, 5.41) is 3.05. The molecule has 1 fully saturated rings. The third kappa shape index (κ3) is 4.91. The maximum atomic E-state index is 13.4. The van der Waals surface area contributed by atoms with Crippen LogP contribution in [0.1, 0.15) is 46.5 Å². The van der Waals surface area contributed by atoms with Gasteiger partial charge in [0.05, 0.1) is 29.3 Å². The highest BCUT2D eigenvalue weighted by Gasteiger charge is 2.51. The molecule has 1 N–H and O–H groups in total. The monoisotopic (exact) mass is 518 g/mol. The Balaban J connectivity index is 1.30. The van der Waals surface area contributed by atoms with Crippen LogP contribution in [0.2, 0.25) is 5.02 Å². The zero-order chi connectivity index (χ0) is 26.2. The Morgan fingerprint density at radius 1 is 1.08 bits per heavy atom. The van der Waals surface area contributed by atoms with Gasteiger partial charge in [-0.15, -0.1) is 0 Å². The minimum absolute atomic E-state index is 0.211. The first-order valence-corrected chi connectivity index (χ1v) is 12.6. The minimum Gasteiger partial charge on any atom is -0.449 e. The molecule has 7 nitrogen and oxygen atoms in total. The number of fused-ring (bicyclic) bond motifs is 2. The van der Waals surface area contributed by atoms with Crippen LogP contribution in [-0.2, 0) is 15.1 Å². The lowest BCUT2D eigenvalue weighted by Gasteiger charge is -2.24. The maximum Gasteiger partial charge on any atom is 0.411 e. The lowest BCUT2D eigenvalue weighted by Crippen LogP contribution is -2.34. The van der Waals surface area contributed by atoms with Crippen LogP contribution in [0, 0.1) is 5.92 Å². The fraction of sp³-hybridized carbons (Fsp3) is 0.276. The van der Waals surface area contributed by atoms with E-state index in [1.165, 1.54) is 0 Å². The molecule has 1 spiro atoms. The summed E-state index contributed by atoms with van der Waals surface area (Å²) in [5.41, 5.74) is 3.19. The molecule has 37 heavy (non-hydrogen) atoms. The molecular formula is C29H27ClN2O5. The van der Waals surface area contributed by atoms with Crippen molar-refractivity contribution in [1.82, 2.24) is 4.90 Å². The summed E-state index contributed by atoms with van der Waals surface area (Å²) in [6.45, 7) is 5.02. The smallest absolute Gasteiger partial charge is 0.411 e. The Hall–Kier alpha value is -3.84. The summed E-state index contributed by atoms with van der Waals surface area (Å²) in [6, 6.07) is 19.9. The van der Waals surface area contributed by atoms with Gasteiger partial charge < -0.3 is 14.4 Å². The van der Waals surface area contributed by atoms with Gasteiger partial charge in [0.2, 0.25) is 0 Å². The Labute approximate surface area is 220 Å². The largest absolute Gasteiger partial charge is 0.449 e. The van der Waals surface area contributed by atoms with Crippen LogP contribution in [0.4, 0.5) is 10.5 Å². The summed E-state index contributed by atoms with van der Waals surface area (Å²) in [6.07, 6.45) is 0.0279. The third-order valence-corrected chi connectivity index (χ3v) is 6.95. The predicted molar refractivity (Wildman–Crippen MR) is 141 cm³/mol. The first-order chi connectivity index (χ1) is 17.8. The van der Waals surface area contributed by atoms with Crippen LogP contribution in [0.3, 0.4) is 0 Å². The number of likely N-dealkylation sites (tertiary alicyclic amines) is 1. The molecule has 0 aliphatic carbocycles. The molecular weight excluding hydrogens is 492 g/mol. The average molecular weight is 519 g/mol. The van der Waals surface area contributed by atoms with Gasteiger partial charge in [0.15, 0.2) is 5.60 Å². The van der Waals surface area contributed by atoms with Crippen LogP contribution in [0.25, 0.3) is 11.1 Å². The zero-order valence-electron chi connectivity index (χ0n) is 20.6. The van der Waals surface area contributed by atoms with Crippen molar-refractivity contribution in [3.63, 3.8) is 0 Å². The molecule has 190 valence electrons. The van der Waals surface area contributed by atoms with Crippen molar-refractivity contribution in [3.05, 3.63) is 88.4 Å². The number of nitrogens with zero attached hydrogens (tertiary/aromatic N) is 1. The fourth-order valence-electron chi connectivity index (χ4n) is 4.82. The van der Waals surface area contributed by atoms with Gasteiger partial charge >= 0.3 is 12.1 Å². The minimum atomic E-state index is -0.806. The Bertz CT molecular complexity index is 1390. The predicted octanol–water partition coefficient (Wildman–Crippen LogP) is 6.12. The number of halogens is 1. The molecule has 3 aromatic rings. The number of carbonyl (C=O) groups excluding carboxylic acids is 3. The van der Waals surface area contributed by atoms with Gasteiger partial charge in [0.1, 0.15) is 0 Å². The number of rotatable bonds is 5. The third-order valence-electron chi connectivity index (χ3n) is 6.63. The van der Waals surface area contributed by atoms with Crippen molar-refractivity contribution in [1.29, 1.82) is 0 Å². The summed E-state index contributed by atoms with van der Waals surface area (Å²) in [5.74, 6) is -0.315. The lowest BCUT2D eigenvalue weighted by molar-refractivity contribution is -0.00306. The second-order valence-corrected chi connectivity index (χ2v) is 10.2. The zero-order valence-corrected chi connectivity index (χ0v) is 21.4. The SMILES string of the molecule is CC(C)COC(=O)Nc1cccc(-c2ccc(C(=O)N3CC[C@@]4(C3)OC(=O)c3ccccc34)c(Cl)c2)c1. The molecule has 8 heteroatoms. The summed E-state index contributed by atoms with van der Waals surface area (Å²) in [4.78, 5) is 39.4. The second-order valence-electron chi connectivity index (χ2n) is 9.80. The fourth-order valence-corrected chi connectivity index (χ4v) is 5.08. The van der Waals surface area contributed by atoms with Gasteiger partial charge in [-0.3, -0.25) is 10.1 Å². The molecule has 0 saturated carbocycles. The quantitative estimate of drug-likeness (QED) is 0.411. The van der Waals surface area contributed by atoms with Crippen molar-refractivity contribution in [2.45, 2.75) is 25.9 Å². The first-order valence-electron chi connectivity index (χ1n) is 12.2. The van der Waals surface area contributed by atoms with E-state index in [1.807, 2.05) is 56.3 Å². The molecule has 5 rings (SSSR count). The Kier molecular flexibility index (Phi) is 6.65. The molecule has 2 aliphatic heterocycles. The van der Waals surface area contributed by atoms with E-state index in [9.17, 15) is 14.4 Å². The molecule has 0 bridgehead atoms. The van der Waals surface area contributed by atoms with E-state index >= 15 is 0 Å². The van der Waals surface area contributed by atoms with Gasteiger partial charge in [0.25, 0.3) is 5.91 Å².